The van der Waals surface area contributed by atoms with E-state index < -0.39 is 12.8 Å². The highest BCUT2D eigenvalue weighted by molar-refractivity contribution is 5.80. The zero-order valence-corrected chi connectivity index (χ0v) is 9.36. The van der Waals surface area contributed by atoms with Gasteiger partial charge in [0.1, 0.15) is 0 Å². The van der Waals surface area contributed by atoms with Crippen LogP contribution >= 0.6 is 0 Å². The maximum atomic E-state index is 12.3. The molecule has 2 aliphatic heterocycles. The summed E-state index contributed by atoms with van der Waals surface area (Å²) in [6.07, 6.45) is 0.490. The molecular formula is C11H19FN2O2. The van der Waals surface area contributed by atoms with E-state index in [2.05, 4.69) is 5.32 Å². The van der Waals surface area contributed by atoms with Gasteiger partial charge < -0.3 is 15.3 Å². The first-order chi connectivity index (χ1) is 7.72. The van der Waals surface area contributed by atoms with Crippen molar-refractivity contribution in [3.63, 3.8) is 0 Å². The third-order valence-electron chi connectivity index (χ3n) is 3.62. The topological polar surface area (TPSA) is 52.6 Å². The van der Waals surface area contributed by atoms with Gasteiger partial charge in [0.2, 0.25) is 5.91 Å². The summed E-state index contributed by atoms with van der Waals surface area (Å²) in [6.45, 7) is 2.21. The molecule has 2 atom stereocenters. The van der Waals surface area contributed by atoms with Gasteiger partial charge in [-0.2, -0.15) is 0 Å². The van der Waals surface area contributed by atoms with Crippen LogP contribution in [-0.4, -0.2) is 54.9 Å². The first-order valence-corrected chi connectivity index (χ1v) is 5.96. The summed E-state index contributed by atoms with van der Waals surface area (Å²) in [6, 6.07) is 0. The van der Waals surface area contributed by atoms with E-state index in [0.717, 1.165) is 13.1 Å². The highest BCUT2D eigenvalue weighted by atomic mass is 19.1. The van der Waals surface area contributed by atoms with E-state index in [9.17, 15) is 14.3 Å². The summed E-state index contributed by atoms with van der Waals surface area (Å²) >= 11 is 0. The number of aliphatic hydroxyl groups is 1. The van der Waals surface area contributed by atoms with Gasteiger partial charge in [-0.1, -0.05) is 0 Å². The summed E-state index contributed by atoms with van der Waals surface area (Å²) in [5.41, 5.74) is 0. The fraction of sp³-hybridized carbons (Fsp3) is 0.909. The second-order valence-electron chi connectivity index (χ2n) is 4.73. The van der Waals surface area contributed by atoms with Crippen LogP contribution in [0.3, 0.4) is 0 Å². The lowest BCUT2D eigenvalue weighted by Gasteiger charge is -2.39. The highest BCUT2D eigenvalue weighted by Gasteiger charge is 2.34. The van der Waals surface area contributed by atoms with Gasteiger partial charge in [-0.3, -0.25) is 9.18 Å². The number of alkyl halides is 1. The average molecular weight is 230 g/mol. The number of nitrogens with one attached hydrogen (secondary N) is 1. The van der Waals surface area contributed by atoms with E-state index >= 15 is 0 Å². The van der Waals surface area contributed by atoms with Crippen molar-refractivity contribution < 1.29 is 14.3 Å². The van der Waals surface area contributed by atoms with Crippen molar-refractivity contribution in [2.45, 2.75) is 18.9 Å². The maximum absolute atomic E-state index is 12.3. The van der Waals surface area contributed by atoms with Crippen LogP contribution in [0.4, 0.5) is 4.39 Å². The van der Waals surface area contributed by atoms with E-state index in [4.69, 9.17) is 0 Å². The van der Waals surface area contributed by atoms with Crippen molar-refractivity contribution in [2.75, 3.05) is 32.9 Å². The Morgan fingerprint density at radius 3 is 2.81 bits per heavy atom. The van der Waals surface area contributed by atoms with Crippen LogP contribution in [0.25, 0.3) is 0 Å². The molecule has 0 aromatic rings. The number of nitrogens with zero attached hydrogens (tertiary/aromatic N) is 1. The van der Waals surface area contributed by atoms with E-state index in [-0.39, 0.29) is 17.7 Å². The molecule has 0 bridgehead atoms. The Morgan fingerprint density at radius 1 is 1.50 bits per heavy atom. The van der Waals surface area contributed by atoms with Crippen LogP contribution in [0.2, 0.25) is 0 Å². The number of carbonyl (C=O) groups is 1. The number of carbonyl (C=O) groups excluding carboxylic acids is 1. The van der Waals surface area contributed by atoms with Gasteiger partial charge in [-0.25, -0.2) is 0 Å². The van der Waals surface area contributed by atoms with Crippen LogP contribution in [0.5, 0.6) is 0 Å². The van der Waals surface area contributed by atoms with Gasteiger partial charge >= 0.3 is 0 Å². The second kappa shape index (κ2) is 5.10. The minimum absolute atomic E-state index is 0.0873. The number of likely N-dealkylation sites (tertiary alicyclic amines) is 1. The fourth-order valence-electron chi connectivity index (χ4n) is 2.37. The van der Waals surface area contributed by atoms with Crippen LogP contribution in [0, 0.1) is 11.8 Å². The Morgan fingerprint density at radius 2 is 2.25 bits per heavy atom. The molecule has 0 aromatic carbocycles. The fourth-order valence-corrected chi connectivity index (χ4v) is 2.37. The van der Waals surface area contributed by atoms with Crippen molar-refractivity contribution in [3.05, 3.63) is 0 Å². The summed E-state index contributed by atoms with van der Waals surface area (Å²) in [4.78, 5) is 13.7. The average Bonchev–Trinajstić information content (AvgIpc) is 2.19. The quantitative estimate of drug-likeness (QED) is 0.704. The zero-order valence-electron chi connectivity index (χ0n) is 9.36. The van der Waals surface area contributed by atoms with Crippen molar-refractivity contribution in [1.82, 2.24) is 10.2 Å². The van der Waals surface area contributed by atoms with Gasteiger partial charge in [-0.15, -0.1) is 0 Å². The normalized spacial score (nSPS) is 31.2. The summed E-state index contributed by atoms with van der Waals surface area (Å²) in [5, 5.41) is 12.8. The smallest absolute Gasteiger partial charge is 0.228 e. The molecule has 5 heteroatoms. The van der Waals surface area contributed by atoms with Crippen LogP contribution in [0.15, 0.2) is 0 Å². The van der Waals surface area contributed by atoms with Crippen LogP contribution in [0.1, 0.15) is 12.8 Å². The number of piperidine rings is 1. The monoisotopic (exact) mass is 230 g/mol. The molecule has 0 aliphatic carbocycles. The largest absolute Gasteiger partial charge is 0.393 e. The standard InChI is InChI=1S/C11H19FN2O2/c12-3-1-8-7-14(4-2-10(8)15)11(16)9-5-13-6-9/h8-10,13,15H,1-7H2/t8-,10+/m1/s1. The van der Waals surface area contributed by atoms with E-state index in [1.807, 2.05) is 0 Å². The lowest BCUT2D eigenvalue weighted by molar-refractivity contribution is -0.141. The van der Waals surface area contributed by atoms with Crippen LogP contribution in [-0.2, 0) is 4.79 Å². The van der Waals surface area contributed by atoms with Crippen molar-refractivity contribution in [1.29, 1.82) is 0 Å². The molecule has 0 spiro atoms. The number of rotatable bonds is 3. The number of aliphatic hydroxyl groups excluding tert-OH is 1. The Bertz CT molecular complexity index is 258. The molecule has 1 amide bonds. The first-order valence-electron chi connectivity index (χ1n) is 5.96. The molecule has 2 N–H and O–H groups in total. The second-order valence-corrected chi connectivity index (χ2v) is 4.73. The van der Waals surface area contributed by atoms with Crippen molar-refractivity contribution in [3.8, 4) is 0 Å². The Kier molecular flexibility index (Phi) is 3.76. The molecule has 2 heterocycles. The van der Waals surface area contributed by atoms with Gasteiger partial charge in [0.25, 0.3) is 0 Å². The molecule has 0 saturated carbocycles. The minimum Gasteiger partial charge on any atom is -0.393 e. The van der Waals surface area contributed by atoms with Gasteiger partial charge in [0, 0.05) is 32.1 Å². The third-order valence-corrected chi connectivity index (χ3v) is 3.62. The summed E-state index contributed by atoms with van der Waals surface area (Å²) in [5.74, 6) is 0.173. The predicted octanol–water partition coefficient (Wildman–Crippen LogP) is -0.225. The molecule has 92 valence electrons. The lowest BCUT2D eigenvalue weighted by Crippen LogP contribution is -2.55. The van der Waals surface area contributed by atoms with Crippen molar-refractivity contribution in [2.24, 2.45) is 11.8 Å². The van der Waals surface area contributed by atoms with Gasteiger partial charge in [0.05, 0.1) is 18.7 Å². The number of halogens is 1. The van der Waals surface area contributed by atoms with E-state index in [0.29, 0.717) is 25.9 Å². The summed E-state index contributed by atoms with van der Waals surface area (Å²) < 4.78 is 12.3. The highest BCUT2D eigenvalue weighted by Crippen LogP contribution is 2.22. The van der Waals surface area contributed by atoms with Crippen molar-refractivity contribution >= 4 is 5.91 Å². The Hall–Kier alpha value is -0.680. The predicted molar refractivity (Wildman–Crippen MR) is 57.6 cm³/mol. The molecule has 2 fully saturated rings. The van der Waals surface area contributed by atoms with E-state index in [1.54, 1.807) is 4.90 Å². The number of hydrogen-bond acceptors (Lipinski definition) is 3. The molecular weight excluding hydrogens is 211 g/mol. The molecule has 16 heavy (non-hydrogen) atoms. The van der Waals surface area contributed by atoms with Gasteiger partial charge in [-0.05, 0) is 12.8 Å². The van der Waals surface area contributed by atoms with Crippen LogP contribution < -0.4 is 5.32 Å². The SMILES string of the molecule is O=C(C1CNC1)N1CC[C@H](O)[C@H](CCF)C1. The Labute approximate surface area is 94.8 Å². The molecule has 2 aliphatic rings. The molecule has 0 radical (unpaired) electrons. The molecule has 2 rings (SSSR count). The minimum atomic E-state index is -0.445. The summed E-state index contributed by atoms with van der Waals surface area (Å²) in [7, 11) is 0. The zero-order chi connectivity index (χ0) is 11.5. The molecule has 4 nitrogen and oxygen atoms in total. The van der Waals surface area contributed by atoms with Gasteiger partial charge in [0.15, 0.2) is 0 Å². The maximum Gasteiger partial charge on any atom is 0.228 e. The van der Waals surface area contributed by atoms with E-state index in [1.165, 1.54) is 0 Å². The number of amides is 1. The molecule has 0 unspecified atom stereocenters. The Balaban J connectivity index is 1.88. The lowest BCUT2D eigenvalue weighted by atomic mass is 9.90. The molecule has 0 aromatic heterocycles. The third kappa shape index (κ3) is 2.35. The first kappa shape index (κ1) is 11.8. The molecule has 2 saturated heterocycles. The number of hydrogen-bond donors (Lipinski definition) is 2.